The van der Waals surface area contributed by atoms with Crippen LogP contribution in [0.15, 0.2) is 67.0 Å². The predicted octanol–water partition coefficient (Wildman–Crippen LogP) is 5.07. The normalized spacial score (nSPS) is 15.9. The molecule has 2 fully saturated rings. The van der Waals surface area contributed by atoms with Crippen LogP contribution >= 0.6 is 11.6 Å². The molecule has 0 aliphatic carbocycles. The van der Waals surface area contributed by atoms with Crippen LogP contribution in [0.1, 0.15) is 12.0 Å². The Morgan fingerprint density at radius 3 is 2.53 bits per heavy atom. The molecule has 3 N–H and O–H groups in total. The number of aromatic nitrogens is 2. The van der Waals surface area contributed by atoms with Crippen LogP contribution in [0.5, 0.6) is 5.75 Å². The number of nitrogens with zero attached hydrogens (tertiary/aromatic N) is 5. The molecule has 0 spiro atoms. The molecule has 3 aromatic carbocycles. The van der Waals surface area contributed by atoms with Crippen LogP contribution in [-0.2, 0) is 16.1 Å². The Morgan fingerprint density at radius 1 is 1.00 bits per heavy atom. The van der Waals surface area contributed by atoms with Crippen molar-refractivity contribution in [2.45, 2.75) is 13.0 Å². The Morgan fingerprint density at radius 2 is 1.80 bits per heavy atom. The molecule has 2 aliphatic rings. The van der Waals surface area contributed by atoms with Gasteiger partial charge in [-0.25, -0.2) is 23.5 Å². The molecule has 0 bridgehead atoms. The summed E-state index contributed by atoms with van der Waals surface area (Å²) in [5, 5.41) is 8.80. The number of amides is 4. The highest BCUT2D eigenvalue weighted by Gasteiger charge is 2.25. The SMILES string of the molecule is COc1cc2ncnc(Nc3ccc(F)c(Cl)c3)c2cc1NC(=O)/C=C/CN1CCN(Cc2ccc(N3CCC(=O)NC3=O)cc2F)CC1. The van der Waals surface area contributed by atoms with E-state index in [9.17, 15) is 23.2 Å². The number of fused-ring (bicyclic) bond motifs is 1. The van der Waals surface area contributed by atoms with Crippen molar-refractivity contribution in [3.8, 4) is 5.75 Å². The van der Waals surface area contributed by atoms with Crippen molar-refractivity contribution in [1.29, 1.82) is 0 Å². The van der Waals surface area contributed by atoms with E-state index < -0.39 is 17.7 Å². The summed E-state index contributed by atoms with van der Waals surface area (Å²) in [6, 6.07) is 11.8. The van der Waals surface area contributed by atoms with Gasteiger partial charge in [-0.1, -0.05) is 23.7 Å². The number of piperazine rings is 1. The lowest BCUT2D eigenvalue weighted by atomic mass is 10.1. The number of benzene rings is 3. The minimum atomic E-state index is -0.549. The van der Waals surface area contributed by atoms with Crippen LogP contribution in [0, 0.1) is 11.6 Å². The Bertz CT molecular complexity index is 1940. The van der Waals surface area contributed by atoms with Gasteiger partial charge in [-0.2, -0.15) is 0 Å². The lowest BCUT2D eigenvalue weighted by Gasteiger charge is -2.34. The second-order valence-electron chi connectivity index (χ2n) is 11.5. The number of carbonyl (C=O) groups excluding carboxylic acids is 3. The molecule has 0 saturated carbocycles. The third-order valence-corrected chi connectivity index (χ3v) is 8.58. The summed E-state index contributed by atoms with van der Waals surface area (Å²) >= 11 is 5.93. The van der Waals surface area contributed by atoms with E-state index in [1.807, 2.05) is 0 Å². The average Bonchev–Trinajstić information content (AvgIpc) is 3.08. The molecule has 0 unspecified atom stereocenters. The molecule has 254 valence electrons. The van der Waals surface area contributed by atoms with Gasteiger partial charge < -0.3 is 15.4 Å². The summed E-state index contributed by atoms with van der Waals surface area (Å²) < 4.78 is 34.1. The maximum absolute atomic E-state index is 15.0. The summed E-state index contributed by atoms with van der Waals surface area (Å²) in [5.74, 6) is -0.772. The molecule has 0 radical (unpaired) electrons. The Balaban J connectivity index is 1.02. The molecule has 3 heterocycles. The van der Waals surface area contributed by atoms with Gasteiger partial charge in [0.2, 0.25) is 11.8 Å². The number of ether oxygens (including phenoxy) is 1. The minimum Gasteiger partial charge on any atom is -0.494 e. The maximum atomic E-state index is 15.0. The number of anilines is 4. The van der Waals surface area contributed by atoms with Gasteiger partial charge >= 0.3 is 6.03 Å². The van der Waals surface area contributed by atoms with Crippen LogP contribution in [-0.4, -0.2) is 84.0 Å². The number of urea groups is 1. The van der Waals surface area contributed by atoms with E-state index in [0.29, 0.717) is 71.3 Å². The Labute approximate surface area is 285 Å². The van der Waals surface area contributed by atoms with Gasteiger partial charge in [0.15, 0.2) is 0 Å². The van der Waals surface area contributed by atoms with Crippen molar-refractivity contribution < 1.29 is 27.9 Å². The number of rotatable bonds is 10. The molecule has 6 rings (SSSR count). The van der Waals surface area contributed by atoms with Gasteiger partial charge in [0.25, 0.3) is 0 Å². The monoisotopic (exact) mass is 690 g/mol. The first-order chi connectivity index (χ1) is 23.7. The molecule has 4 aromatic rings. The van der Waals surface area contributed by atoms with Gasteiger partial charge in [-0.3, -0.25) is 29.6 Å². The van der Waals surface area contributed by atoms with Crippen molar-refractivity contribution in [3.05, 3.63) is 89.2 Å². The lowest BCUT2D eigenvalue weighted by Crippen LogP contribution is -2.49. The van der Waals surface area contributed by atoms with Crippen molar-refractivity contribution in [3.63, 3.8) is 0 Å². The zero-order valence-corrected chi connectivity index (χ0v) is 27.3. The van der Waals surface area contributed by atoms with E-state index in [1.54, 1.807) is 30.3 Å². The van der Waals surface area contributed by atoms with Crippen LogP contribution in [0.2, 0.25) is 5.02 Å². The van der Waals surface area contributed by atoms with Gasteiger partial charge in [0.05, 0.1) is 23.3 Å². The first kappa shape index (κ1) is 33.7. The summed E-state index contributed by atoms with van der Waals surface area (Å²) in [6.07, 6.45) is 4.81. The Kier molecular flexibility index (Phi) is 10.3. The number of imide groups is 1. The minimum absolute atomic E-state index is 0.0312. The van der Waals surface area contributed by atoms with E-state index in [-0.39, 0.29) is 29.8 Å². The number of hydrogen-bond acceptors (Lipinski definition) is 9. The fraction of sp³-hybridized carbons (Fsp3) is 0.265. The first-order valence-corrected chi connectivity index (χ1v) is 15.9. The highest BCUT2D eigenvalue weighted by atomic mass is 35.5. The molecule has 2 aliphatic heterocycles. The average molecular weight is 691 g/mol. The highest BCUT2D eigenvalue weighted by Crippen LogP contribution is 2.33. The number of hydrogen-bond donors (Lipinski definition) is 3. The number of halogens is 3. The van der Waals surface area contributed by atoms with E-state index in [0.717, 1.165) is 13.1 Å². The van der Waals surface area contributed by atoms with E-state index in [4.69, 9.17) is 16.3 Å². The van der Waals surface area contributed by atoms with Crippen LogP contribution in [0.3, 0.4) is 0 Å². The second kappa shape index (κ2) is 14.9. The number of nitrogens with one attached hydrogen (secondary N) is 3. The molecule has 49 heavy (non-hydrogen) atoms. The van der Waals surface area contributed by atoms with Crippen LogP contribution in [0.25, 0.3) is 10.9 Å². The molecule has 0 atom stereocenters. The zero-order valence-electron chi connectivity index (χ0n) is 26.5. The van der Waals surface area contributed by atoms with Crippen LogP contribution < -0.4 is 25.6 Å². The van der Waals surface area contributed by atoms with Gasteiger partial charge in [0.1, 0.15) is 29.5 Å². The molecular formula is C34H33ClF2N8O4. The smallest absolute Gasteiger partial charge is 0.328 e. The largest absolute Gasteiger partial charge is 0.494 e. The third kappa shape index (κ3) is 8.11. The second-order valence-corrected chi connectivity index (χ2v) is 12.0. The summed E-state index contributed by atoms with van der Waals surface area (Å²) in [4.78, 5) is 50.7. The first-order valence-electron chi connectivity index (χ1n) is 15.5. The predicted molar refractivity (Wildman–Crippen MR) is 182 cm³/mol. The zero-order chi connectivity index (χ0) is 34.5. The van der Waals surface area contributed by atoms with E-state index in [1.165, 1.54) is 48.7 Å². The topological polar surface area (TPSA) is 132 Å². The fourth-order valence-corrected chi connectivity index (χ4v) is 5.84. The standard InChI is InChI=1S/C34H33ClF2N8O4/c1-49-30-18-28-24(33(39-20-38-28)40-22-5-7-26(36)25(35)15-22)17-29(30)41-31(46)3-2-9-43-11-13-44(14-12-43)19-21-4-6-23(16-27(21)37)45-10-8-32(47)42-34(45)48/h2-7,15-18,20H,8-14,19H2,1H3,(H,41,46)(H,38,39,40)(H,42,47,48)/b3-2+. The van der Waals surface area contributed by atoms with Crippen molar-refractivity contribution in [2.24, 2.45) is 0 Å². The molecule has 4 amide bonds. The van der Waals surface area contributed by atoms with Crippen molar-refractivity contribution in [2.75, 3.05) is 61.9 Å². The van der Waals surface area contributed by atoms with Gasteiger partial charge in [-0.15, -0.1) is 0 Å². The maximum Gasteiger partial charge on any atom is 0.328 e. The summed E-state index contributed by atoms with van der Waals surface area (Å²) in [5.41, 5.74) is 2.46. The summed E-state index contributed by atoms with van der Waals surface area (Å²) in [7, 11) is 1.50. The van der Waals surface area contributed by atoms with Crippen LogP contribution in [0.4, 0.5) is 36.5 Å². The quantitative estimate of drug-likeness (QED) is 0.195. The van der Waals surface area contributed by atoms with Gasteiger partial charge in [0, 0.05) is 86.7 Å². The highest BCUT2D eigenvalue weighted by molar-refractivity contribution is 6.31. The number of carbonyl (C=O) groups is 3. The third-order valence-electron chi connectivity index (χ3n) is 8.29. The van der Waals surface area contributed by atoms with Crippen molar-refractivity contribution in [1.82, 2.24) is 25.1 Å². The molecule has 12 nitrogen and oxygen atoms in total. The lowest BCUT2D eigenvalue weighted by molar-refractivity contribution is -0.120. The van der Waals surface area contributed by atoms with E-state index >= 15 is 0 Å². The number of methoxy groups -OCH3 is 1. The van der Waals surface area contributed by atoms with E-state index in [2.05, 4.69) is 35.7 Å². The summed E-state index contributed by atoms with van der Waals surface area (Å²) in [6.45, 7) is 4.10. The van der Waals surface area contributed by atoms with Crippen molar-refractivity contribution >= 4 is 63.2 Å². The van der Waals surface area contributed by atoms with Gasteiger partial charge in [-0.05, 0) is 36.4 Å². The molecule has 1 aromatic heterocycles. The molecule has 2 saturated heterocycles. The Hall–Kier alpha value is -5.18. The molecule has 15 heteroatoms. The molecular weight excluding hydrogens is 658 g/mol. The fourth-order valence-electron chi connectivity index (χ4n) is 5.66.